The zero-order valence-electron chi connectivity index (χ0n) is 9.31. The lowest BCUT2D eigenvalue weighted by Gasteiger charge is -2.18. The molecule has 1 aliphatic rings. The summed E-state index contributed by atoms with van der Waals surface area (Å²) in [4.78, 5) is 0. The molecule has 2 N–H and O–H groups in total. The van der Waals surface area contributed by atoms with Crippen LogP contribution in [0.5, 0.6) is 0 Å². The van der Waals surface area contributed by atoms with Crippen LogP contribution in [-0.4, -0.2) is 20.9 Å². The topological polar surface area (TPSA) is 56.7 Å². The molecule has 0 saturated carbocycles. The molecule has 5 heteroatoms. The maximum atomic E-state index is 13.4. The SMILES string of the molecule is Nc1cccc(-c2nnc3n2CC(F)CC3)c1. The van der Waals surface area contributed by atoms with Crippen LogP contribution in [0.4, 0.5) is 10.1 Å². The number of nitrogen functional groups attached to an aromatic ring is 1. The zero-order chi connectivity index (χ0) is 11.8. The smallest absolute Gasteiger partial charge is 0.164 e. The Morgan fingerprint density at radius 1 is 1.35 bits per heavy atom. The number of aromatic nitrogens is 3. The highest BCUT2D eigenvalue weighted by Crippen LogP contribution is 2.25. The lowest BCUT2D eigenvalue weighted by molar-refractivity contribution is 0.254. The number of halogens is 1. The maximum Gasteiger partial charge on any atom is 0.164 e. The summed E-state index contributed by atoms with van der Waals surface area (Å²) in [5, 5.41) is 8.24. The molecular formula is C12H13FN4. The van der Waals surface area contributed by atoms with Gasteiger partial charge in [0.15, 0.2) is 5.82 Å². The van der Waals surface area contributed by atoms with E-state index in [1.165, 1.54) is 0 Å². The van der Waals surface area contributed by atoms with Crippen LogP contribution in [0, 0.1) is 0 Å². The summed E-state index contributed by atoms with van der Waals surface area (Å²) >= 11 is 0. The summed E-state index contributed by atoms with van der Waals surface area (Å²) in [5.41, 5.74) is 7.30. The van der Waals surface area contributed by atoms with Crippen LogP contribution < -0.4 is 5.73 Å². The van der Waals surface area contributed by atoms with E-state index in [1.54, 1.807) is 0 Å². The predicted molar refractivity (Wildman–Crippen MR) is 63.1 cm³/mol. The maximum absolute atomic E-state index is 13.4. The summed E-state index contributed by atoms with van der Waals surface area (Å²) in [6.07, 6.45) is 0.379. The molecule has 4 nitrogen and oxygen atoms in total. The number of alkyl halides is 1. The predicted octanol–water partition coefficient (Wildman–Crippen LogP) is 1.81. The van der Waals surface area contributed by atoms with Crippen molar-refractivity contribution in [2.24, 2.45) is 0 Å². The highest BCUT2D eigenvalue weighted by atomic mass is 19.1. The molecule has 1 aromatic carbocycles. The quantitative estimate of drug-likeness (QED) is 0.763. The monoisotopic (exact) mass is 232 g/mol. The van der Waals surface area contributed by atoms with E-state index >= 15 is 0 Å². The van der Waals surface area contributed by atoms with Gasteiger partial charge in [0.25, 0.3) is 0 Å². The molecule has 0 radical (unpaired) electrons. The molecule has 1 aromatic heterocycles. The van der Waals surface area contributed by atoms with Crippen molar-refractivity contribution in [1.29, 1.82) is 0 Å². The van der Waals surface area contributed by atoms with Crippen LogP contribution >= 0.6 is 0 Å². The highest BCUT2D eigenvalue weighted by molar-refractivity contribution is 5.61. The number of nitrogens with two attached hydrogens (primary N) is 1. The molecule has 17 heavy (non-hydrogen) atoms. The van der Waals surface area contributed by atoms with Gasteiger partial charge in [-0.05, 0) is 18.6 Å². The first-order valence-corrected chi connectivity index (χ1v) is 5.66. The van der Waals surface area contributed by atoms with Crippen LogP contribution in [0.25, 0.3) is 11.4 Å². The molecule has 0 amide bonds. The molecule has 2 heterocycles. The number of fused-ring (bicyclic) bond motifs is 1. The van der Waals surface area contributed by atoms with Crippen LogP contribution in [0.15, 0.2) is 24.3 Å². The average Bonchev–Trinajstić information content (AvgIpc) is 2.71. The van der Waals surface area contributed by atoms with E-state index in [0.29, 0.717) is 30.9 Å². The van der Waals surface area contributed by atoms with E-state index in [-0.39, 0.29) is 0 Å². The fraction of sp³-hybridized carbons (Fsp3) is 0.333. The standard InChI is InChI=1S/C12H13FN4/c13-9-4-5-11-15-16-12(17(11)7-9)8-2-1-3-10(14)6-8/h1-3,6,9H,4-5,7,14H2. The van der Waals surface area contributed by atoms with Gasteiger partial charge in [0, 0.05) is 17.7 Å². The van der Waals surface area contributed by atoms with Gasteiger partial charge in [-0.1, -0.05) is 12.1 Å². The third kappa shape index (κ3) is 1.77. The van der Waals surface area contributed by atoms with E-state index in [9.17, 15) is 4.39 Å². The molecular weight excluding hydrogens is 219 g/mol. The summed E-state index contributed by atoms with van der Waals surface area (Å²) < 4.78 is 15.3. The minimum Gasteiger partial charge on any atom is -0.399 e. The second kappa shape index (κ2) is 3.84. The largest absolute Gasteiger partial charge is 0.399 e. The summed E-state index contributed by atoms with van der Waals surface area (Å²) in [7, 11) is 0. The molecule has 1 atom stereocenters. The van der Waals surface area contributed by atoms with Crippen molar-refractivity contribution < 1.29 is 4.39 Å². The summed E-state index contributed by atoms with van der Waals surface area (Å²) in [6, 6.07) is 7.42. The van der Waals surface area contributed by atoms with Crippen LogP contribution in [0.2, 0.25) is 0 Å². The molecule has 0 fully saturated rings. The second-order valence-corrected chi connectivity index (χ2v) is 4.31. The molecule has 3 rings (SSSR count). The molecule has 1 unspecified atom stereocenters. The zero-order valence-corrected chi connectivity index (χ0v) is 9.31. The first-order chi connectivity index (χ1) is 8.24. The van der Waals surface area contributed by atoms with Crippen molar-refractivity contribution in [2.75, 3.05) is 5.73 Å². The molecule has 0 saturated heterocycles. The first-order valence-electron chi connectivity index (χ1n) is 5.66. The van der Waals surface area contributed by atoms with Crippen molar-refractivity contribution in [3.63, 3.8) is 0 Å². The van der Waals surface area contributed by atoms with E-state index in [1.807, 2.05) is 28.8 Å². The van der Waals surface area contributed by atoms with Crippen molar-refractivity contribution >= 4 is 5.69 Å². The van der Waals surface area contributed by atoms with E-state index < -0.39 is 6.17 Å². The van der Waals surface area contributed by atoms with Gasteiger partial charge >= 0.3 is 0 Å². The molecule has 0 bridgehead atoms. The number of nitrogens with zero attached hydrogens (tertiary/aromatic N) is 3. The minimum absolute atomic E-state index is 0.340. The Morgan fingerprint density at radius 3 is 3.06 bits per heavy atom. The Hall–Kier alpha value is -1.91. The van der Waals surface area contributed by atoms with Crippen LogP contribution in [-0.2, 0) is 13.0 Å². The minimum atomic E-state index is -0.807. The normalized spacial score (nSPS) is 19.0. The number of rotatable bonds is 1. The van der Waals surface area contributed by atoms with Gasteiger partial charge in [0.1, 0.15) is 12.0 Å². The van der Waals surface area contributed by atoms with Crippen LogP contribution in [0.3, 0.4) is 0 Å². The summed E-state index contributed by atoms with van der Waals surface area (Å²) in [5.74, 6) is 1.56. The van der Waals surface area contributed by atoms with Gasteiger partial charge in [-0.3, -0.25) is 0 Å². The molecule has 1 aliphatic heterocycles. The molecule has 88 valence electrons. The number of aryl methyl sites for hydroxylation is 1. The van der Waals surface area contributed by atoms with Crippen molar-refractivity contribution in [2.45, 2.75) is 25.6 Å². The first kappa shape index (κ1) is 10.3. The third-order valence-corrected chi connectivity index (χ3v) is 3.03. The van der Waals surface area contributed by atoms with Gasteiger partial charge < -0.3 is 10.3 Å². The van der Waals surface area contributed by atoms with E-state index in [4.69, 9.17) is 5.73 Å². The third-order valence-electron chi connectivity index (χ3n) is 3.03. The van der Waals surface area contributed by atoms with Crippen molar-refractivity contribution in [1.82, 2.24) is 14.8 Å². The number of anilines is 1. The Morgan fingerprint density at radius 2 is 2.24 bits per heavy atom. The Balaban J connectivity index is 2.07. The molecule has 0 spiro atoms. The van der Waals surface area contributed by atoms with Gasteiger partial charge in [0.2, 0.25) is 0 Å². The number of benzene rings is 1. The fourth-order valence-electron chi connectivity index (χ4n) is 2.18. The Bertz CT molecular complexity index is 549. The highest BCUT2D eigenvalue weighted by Gasteiger charge is 2.22. The van der Waals surface area contributed by atoms with Crippen LogP contribution in [0.1, 0.15) is 12.2 Å². The molecule has 2 aromatic rings. The number of hydrogen-bond acceptors (Lipinski definition) is 3. The average molecular weight is 232 g/mol. The van der Waals surface area contributed by atoms with Gasteiger partial charge in [-0.15, -0.1) is 10.2 Å². The van der Waals surface area contributed by atoms with E-state index in [0.717, 1.165) is 11.4 Å². The Kier molecular flexibility index (Phi) is 2.31. The fourth-order valence-corrected chi connectivity index (χ4v) is 2.18. The molecule has 0 aliphatic carbocycles. The van der Waals surface area contributed by atoms with Gasteiger partial charge in [-0.2, -0.15) is 0 Å². The number of hydrogen-bond donors (Lipinski definition) is 1. The van der Waals surface area contributed by atoms with Crippen molar-refractivity contribution in [3.05, 3.63) is 30.1 Å². The van der Waals surface area contributed by atoms with E-state index in [2.05, 4.69) is 10.2 Å². The Labute approximate surface area is 98.3 Å². The summed E-state index contributed by atoms with van der Waals surface area (Å²) in [6.45, 7) is 0.340. The van der Waals surface area contributed by atoms with Gasteiger partial charge in [-0.25, -0.2) is 4.39 Å². The second-order valence-electron chi connectivity index (χ2n) is 4.31. The van der Waals surface area contributed by atoms with Gasteiger partial charge in [0.05, 0.1) is 6.54 Å². The lowest BCUT2D eigenvalue weighted by atomic mass is 10.1. The van der Waals surface area contributed by atoms with Crippen molar-refractivity contribution in [3.8, 4) is 11.4 Å². The lowest BCUT2D eigenvalue weighted by Crippen LogP contribution is -2.21.